The predicted molar refractivity (Wildman–Crippen MR) is 71.3 cm³/mol. The Morgan fingerprint density at radius 2 is 2.00 bits per heavy atom. The molecule has 0 aromatic heterocycles. The lowest BCUT2D eigenvalue weighted by Crippen LogP contribution is -2.40. The second-order valence-electron chi connectivity index (χ2n) is 4.80. The summed E-state index contributed by atoms with van der Waals surface area (Å²) < 4.78 is 0. The van der Waals surface area contributed by atoms with E-state index in [1.165, 1.54) is 11.3 Å². The second kappa shape index (κ2) is 6.03. The molecule has 0 radical (unpaired) electrons. The Kier molecular flexibility index (Phi) is 4.40. The maximum absolute atomic E-state index is 8.90. The third-order valence-electron chi connectivity index (χ3n) is 3.51. The molecule has 1 heterocycles. The second-order valence-corrected chi connectivity index (χ2v) is 4.80. The van der Waals surface area contributed by atoms with E-state index in [1.54, 1.807) is 0 Å². The van der Waals surface area contributed by atoms with Gasteiger partial charge in [0.1, 0.15) is 0 Å². The van der Waals surface area contributed by atoms with Gasteiger partial charge in [0.25, 0.3) is 0 Å². The number of hydrogen-bond acceptors (Lipinski definition) is 3. The molecule has 94 valence electrons. The van der Waals surface area contributed by atoms with E-state index in [0.29, 0.717) is 6.04 Å². The number of para-hydroxylation sites is 1. The summed E-state index contributed by atoms with van der Waals surface area (Å²) in [4.78, 5) is 2.33. The molecule has 0 amide bonds. The molecule has 0 aliphatic carbocycles. The Bertz CT molecular complexity index is 346. The van der Waals surface area contributed by atoms with Crippen molar-refractivity contribution in [2.75, 3.05) is 31.6 Å². The van der Waals surface area contributed by atoms with Gasteiger partial charge >= 0.3 is 0 Å². The van der Waals surface area contributed by atoms with Gasteiger partial charge in [0.2, 0.25) is 0 Å². The van der Waals surface area contributed by atoms with Gasteiger partial charge in [0.05, 0.1) is 6.61 Å². The van der Waals surface area contributed by atoms with Crippen molar-refractivity contribution in [3.63, 3.8) is 0 Å². The van der Waals surface area contributed by atoms with Crippen LogP contribution in [0.1, 0.15) is 18.4 Å². The zero-order chi connectivity index (χ0) is 12.1. The van der Waals surface area contributed by atoms with Gasteiger partial charge in [-0.05, 0) is 31.4 Å². The summed E-state index contributed by atoms with van der Waals surface area (Å²) in [6.07, 6.45) is 2.32. The predicted octanol–water partition coefficient (Wildman–Crippen LogP) is 1.86. The topological polar surface area (TPSA) is 35.5 Å². The Morgan fingerprint density at radius 3 is 2.65 bits per heavy atom. The van der Waals surface area contributed by atoms with Crippen molar-refractivity contribution < 1.29 is 5.11 Å². The highest BCUT2D eigenvalue weighted by Gasteiger charge is 2.18. The van der Waals surface area contributed by atoms with E-state index in [-0.39, 0.29) is 6.61 Å². The fourth-order valence-corrected chi connectivity index (χ4v) is 2.40. The van der Waals surface area contributed by atoms with Gasteiger partial charge in [-0.25, -0.2) is 0 Å². The average Bonchev–Trinajstić information content (AvgIpc) is 2.35. The van der Waals surface area contributed by atoms with Gasteiger partial charge in [-0.15, -0.1) is 0 Å². The number of aliphatic hydroxyl groups is 1. The molecular weight excluding hydrogens is 212 g/mol. The number of nitrogens with zero attached hydrogens (tertiary/aromatic N) is 1. The van der Waals surface area contributed by atoms with E-state index < -0.39 is 0 Å². The molecule has 2 N–H and O–H groups in total. The number of hydrogen-bond donors (Lipinski definition) is 2. The smallest absolute Gasteiger partial charge is 0.0558 e. The first-order chi connectivity index (χ1) is 8.29. The SMILES string of the molecule is Cc1ccccc1NC1CCN(CCO)CC1. The monoisotopic (exact) mass is 234 g/mol. The summed E-state index contributed by atoms with van der Waals surface area (Å²) in [7, 11) is 0. The number of benzene rings is 1. The van der Waals surface area contributed by atoms with E-state index in [0.717, 1.165) is 32.5 Å². The minimum Gasteiger partial charge on any atom is -0.395 e. The number of aliphatic hydroxyl groups excluding tert-OH is 1. The van der Waals surface area contributed by atoms with Crippen molar-refractivity contribution in [2.45, 2.75) is 25.8 Å². The molecule has 3 nitrogen and oxygen atoms in total. The fraction of sp³-hybridized carbons (Fsp3) is 0.571. The molecule has 0 bridgehead atoms. The normalized spacial score (nSPS) is 18.2. The van der Waals surface area contributed by atoms with Crippen LogP contribution in [0.25, 0.3) is 0 Å². The molecule has 1 aliphatic heterocycles. The van der Waals surface area contributed by atoms with Gasteiger partial charge in [0.15, 0.2) is 0 Å². The molecule has 17 heavy (non-hydrogen) atoms. The number of nitrogens with one attached hydrogen (secondary N) is 1. The third kappa shape index (κ3) is 3.45. The van der Waals surface area contributed by atoms with Crippen molar-refractivity contribution in [1.82, 2.24) is 4.90 Å². The minimum atomic E-state index is 0.274. The molecule has 3 heteroatoms. The van der Waals surface area contributed by atoms with Crippen LogP contribution in [0.3, 0.4) is 0 Å². The zero-order valence-corrected chi connectivity index (χ0v) is 10.5. The van der Waals surface area contributed by atoms with E-state index in [4.69, 9.17) is 5.11 Å². The Labute approximate surface area is 103 Å². The zero-order valence-electron chi connectivity index (χ0n) is 10.5. The summed E-state index contributed by atoms with van der Waals surface area (Å²) in [5, 5.41) is 12.5. The highest BCUT2D eigenvalue weighted by atomic mass is 16.3. The molecule has 1 aliphatic rings. The van der Waals surface area contributed by atoms with Crippen LogP contribution in [-0.2, 0) is 0 Å². The maximum Gasteiger partial charge on any atom is 0.0558 e. The highest BCUT2D eigenvalue weighted by Crippen LogP contribution is 2.19. The van der Waals surface area contributed by atoms with Crippen LogP contribution in [0.2, 0.25) is 0 Å². The molecule has 0 unspecified atom stereocenters. The van der Waals surface area contributed by atoms with E-state index in [9.17, 15) is 0 Å². The van der Waals surface area contributed by atoms with Crippen LogP contribution in [0.5, 0.6) is 0 Å². The van der Waals surface area contributed by atoms with Gasteiger partial charge in [0, 0.05) is 31.4 Å². The van der Waals surface area contributed by atoms with Crippen LogP contribution < -0.4 is 5.32 Å². The number of rotatable bonds is 4. The number of β-amino-alcohol motifs (C(OH)–C–C–N with tert-alkyl or cyclic N) is 1. The van der Waals surface area contributed by atoms with Gasteiger partial charge in [-0.3, -0.25) is 0 Å². The largest absolute Gasteiger partial charge is 0.395 e. The molecule has 1 fully saturated rings. The average molecular weight is 234 g/mol. The first-order valence-electron chi connectivity index (χ1n) is 6.45. The van der Waals surface area contributed by atoms with Crippen molar-refractivity contribution in [3.05, 3.63) is 29.8 Å². The molecule has 0 atom stereocenters. The van der Waals surface area contributed by atoms with Crippen molar-refractivity contribution >= 4 is 5.69 Å². The van der Waals surface area contributed by atoms with Crippen LogP contribution in [-0.4, -0.2) is 42.3 Å². The first-order valence-corrected chi connectivity index (χ1v) is 6.45. The molecule has 1 aromatic rings. The van der Waals surface area contributed by atoms with Crippen LogP contribution in [0, 0.1) is 6.92 Å². The van der Waals surface area contributed by atoms with E-state index in [2.05, 4.69) is 41.4 Å². The summed E-state index contributed by atoms with van der Waals surface area (Å²) in [5.74, 6) is 0. The van der Waals surface area contributed by atoms with Crippen molar-refractivity contribution in [1.29, 1.82) is 0 Å². The quantitative estimate of drug-likeness (QED) is 0.835. The van der Waals surface area contributed by atoms with Crippen molar-refractivity contribution in [2.24, 2.45) is 0 Å². The molecular formula is C14H22N2O. The summed E-state index contributed by atoms with van der Waals surface area (Å²) >= 11 is 0. The minimum absolute atomic E-state index is 0.274. The summed E-state index contributed by atoms with van der Waals surface area (Å²) in [6, 6.07) is 9.02. The van der Waals surface area contributed by atoms with Crippen LogP contribution in [0.4, 0.5) is 5.69 Å². The Hall–Kier alpha value is -1.06. The standard InChI is InChI=1S/C14H22N2O/c1-12-4-2-3-5-14(12)15-13-6-8-16(9-7-13)10-11-17/h2-5,13,15,17H,6-11H2,1H3. The maximum atomic E-state index is 8.90. The van der Waals surface area contributed by atoms with Gasteiger partial charge < -0.3 is 15.3 Å². The molecule has 1 aromatic carbocycles. The van der Waals surface area contributed by atoms with E-state index in [1.807, 2.05) is 0 Å². The van der Waals surface area contributed by atoms with Gasteiger partial charge in [-0.1, -0.05) is 18.2 Å². The van der Waals surface area contributed by atoms with Gasteiger partial charge in [-0.2, -0.15) is 0 Å². The summed E-state index contributed by atoms with van der Waals surface area (Å²) in [6.45, 7) is 5.41. The first kappa shape index (κ1) is 12.4. The Morgan fingerprint density at radius 1 is 1.29 bits per heavy atom. The number of aryl methyl sites for hydroxylation is 1. The molecule has 2 rings (SSSR count). The van der Waals surface area contributed by atoms with Crippen molar-refractivity contribution in [3.8, 4) is 0 Å². The lowest BCUT2D eigenvalue weighted by molar-refractivity contribution is 0.168. The van der Waals surface area contributed by atoms with Crippen LogP contribution in [0.15, 0.2) is 24.3 Å². The molecule has 0 saturated carbocycles. The van der Waals surface area contributed by atoms with E-state index >= 15 is 0 Å². The molecule has 0 spiro atoms. The van der Waals surface area contributed by atoms with Crippen LogP contribution >= 0.6 is 0 Å². The third-order valence-corrected chi connectivity index (χ3v) is 3.51. The number of anilines is 1. The molecule has 1 saturated heterocycles. The fourth-order valence-electron chi connectivity index (χ4n) is 2.40. The lowest BCUT2D eigenvalue weighted by atomic mass is 10.0. The summed E-state index contributed by atoms with van der Waals surface area (Å²) in [5.41, 5.74) is 2.57. The lowest BCUT2D eigenvalue weighted by Gasteiger charge is -2.32. The number of likely N-dealkylation sites (tertiary alicyclic amines) is 1. The highest BCUT2D eigenvalue weighted by molar-refractivity contribution is 5.50. The number of piperidine rings is 1. The Balaban J connectivity index is 1.84.